The Morgan fingerprint density at radius 1 is 1.35 bits per heavy atom. The second-order valence-corrected chi connectivity index (χ2v) is 5.12. The van der Waals surface area contributed by atoms with Gasteiger partial charge >= 0.3 is 0 Å². The lowest BCUT2D eigenvalue weighted by Crippen LogP contribution is -2.25. The second-order valence-electron chi connectivity index (χ2n) is 4.80. The van der Waals surface area contributed by atoms with E-state index in [1.807, 2.05) is 61.0 Å². The van der Waals surface area contributed by atoms with Gasteiger partial charge in [0, 0.05) is 23.2 Å². The lowest BCUT2D eigenvalue weighted by molar-refractivity contribution is 0.340. The van der Waals surface area contributed by atoms with Crippen LogP contribution in [0.5, 0.6) is 5.75 Å². The van der Waals surface area contributed by atoms with Crippen LogP contribution in [0.3, 0.4) is 0 Å². The predicted molar refractivity (Wildman–Crippen MR) is 83.8 cm³/mol. The van der Waals surface area contributed by atoms with Gasteiger partial charge in [0.25, 0.3) is 0 Å². The molecule has 0 amide bonds. The van der Waals surface area contributed by atoms with E-state index in [4.69, 9.17) is 4.74 Å². The van der Waals surface area contributed by atoms with E-state index in [-0.39, 0.29) is 0 Å². The smallest absolute Gasteiger partial charge is 0.137 e. The molecule has 0 spiro atoms. The van der Waals surface area contributed by atoms with Crippen molar-refractivity contribution in [3.8, 4) is 17.5 Å². The summed E-state index contributed by atoms with van der Waals surface area (Å²) < 4.78 is 7.58. The molecule has 20 heavy (non-hydrogen) atoms. The minimum absolute atomic E-state index is 0.450. The molecule has 0 saturated carbocycles. The molecule has 0 fully saturated rings. The zero-order chi connectivity index (χ0) is 14.6. The normalized spacial score (nSPS) is 13.5. The quantitative estimate of drug-likeness (QED) is 0.853. The zero-order valence-corrected chi connectivity index (χ0v) is 12.6. The fraction of sp³-hybridized carbons (Fsp3) is 0.312. The van der Waals surface area contributed by atoms with Gasteiger partial charge in [-0.15, -0.1) is 0 Å². The van der Waals surface area contributed by atoms with Crippen molar-refractivity contribution >= 4 is 12.6 Å². The van der Waals surface area contributed by atoms with Gasteiger partial charge in [0.15, 0.2) is 0 Å². The maximum atomic E-state index is 9.50. The van der Waals surface area contributed by atoms with Crippen LogP contribution in [0.2, 0.25) is 0 Å². The molecule has 0 N–H and O–H groups in total. The molecular formula is C16H18N2OS. The molecule has 0 bridgehead atoms. The molecule has 0 aliphatic carbocycles. The SMILES string of the molecule is CCOc1cc(C(C)(C#N)CS)n(-c2ccccc2)c1. The molecule has 0 radical (unpaired) electrons. The molecule has 3 nitrogen and oxygen atoms in total. The monoisotopic (exact) mass is 286 g/mol. The first-order valence-corrected chi connectivity index (χ1v) is 7.21. The van der Waals surface area contributed by atoms with Crippen LogP contribution in [-0.4, -0.2) is 16.9 Å². The third kappa shape index (κ3) is 2.68. The van der Waals surface area contributed by atoms with E-state index < -0.39 is 5.41 Å². The highest BCUT2D eigenvalue weighted by Crippen LogP contribution is 2.31. The Balaban J connectivity index is 2.58. The Labute approximate surface area is 125 Å². The molecule has 2 aromatic rings. The van der Waals surface area contributed by atoms with Crippen LogP contribution in [0.25, 0.3) is 5.69 Å². The van der Waals surface area contributed by atoms with Gasteiger partial charge in [0.1, 0.15) is 11.2 Å². The Morgan fingerprint density at radius 2 is 2.05 bits per heavy atom. The molecule has 104 valence electrons. The number of rotatable bonds is 5. The summed E-state index contributed by atoms with van der Waals surface area (Å²) in [5, 5.41) is 9.50. The van der Waals surface area contributed by atoms with E-state index >= 15 is 0 Å². The number of ether oxygens (including phenoxy) is 1. The number of hydrogen-bond donors (Lipinski definition) is 1. The first kappa shape index (κ1) is 14.5. The summed E-state index contributed by atoms with van der Waals surface area (Å²) in [5.74, 6) is 1.22. The summed E-state index contributed by atoms with van der Waals surface area (Å²) in [6.45, 7) is 4.44. The number of hydrogen-bond acceptors (Lipinski definition) is 3. The van der Waals surface area contributed by atoms with Crippen molar-refractivity contribution in [2.45, 2.75) is 19.3 Å². The fourth-order valence-electron chi connectivity index (χ4n) is 2.08. The standard InChI is InChI=1S/C16H18N2OS/c1-3-19-14-9-15(16(2,11-17)12-20)18(10-14)13-7-5-4-6-8-13/h4-10,20H,3,12H2,1-2H3. The largest absolute Gasteiger partial charge is 0.492 e. The van der Waals surface area contributed by atoms with Gasteiger partial charge in [0.2, 0.25) is 0 Å². The molecule has 0 saturated heterocycles. The number of aromatic nitrogens is 1. The molecule has 1 aromatic heterocycles. The third-order valence-electron chi connectivity index (χ3n) is 3.27. The Kier molecular flexibility index (Phi) is 4.41. The first-order chi connectivity index (χ1) is 9.64. The molecule has 0 aliphatic heterocycles. The van der Waals surface area contributed by atoms with E-state index in [9.17, 15) is 5.26 Å². The average Bonchev–Trinajstić information content (AvgIpc) is 2.92. The number of benzene rings is 1. The Bertz CT molecular complexity index is 615. The summed E-state index contributed by atoms with van der Waals surface area (Å²) in [5.41, 5.74) is 1.25. The van der Waals surface area contributed by atoms with Gasteiger partial charge in [-0.05, 0) is 26.0 Å². The number of nitriles is 1. The molecule has 1 unspecified atom stereocenters. The van der Waals surface area contributed by atoms with E-state index in [2.05, 4.69) is 18.7 Å². The summed E-state index contributed by atoms with van der Waals surface area (Å²) in [4.78, 5) is 0. The van der Waals surface area contributed by atoms with Crippen molar-refractivity contribution in [2.75, 3.05) is 12.4 Å². The highest BCUT2D eigenvalue weighted by molar-refractivity contribution is 7.80. The van der Waals surface area contributed by atoms with E-state index in [1.54, 1.807) is 0 Å². The molecule has 2 rings (SSSR count). The molecule has 4 heteroatoms. The van der Waals surface area contributed by atoms with Crippen LogP contribution >= 0.6 is 12.6 Å². The van der Waals surface area contributed by atoms with Crippen molar-refractivity contribution in [3.63, 3.8) is 0 Å². The summed E-state index contributed by atoms with van der Waals surface area (Å²) in [7, 11) is 0. The van der Waals surface area contributed by atoms with Crippen LogP contribution in [0.4, 0.5) is 0 Å². The first-order valence-electron chi connectivity index (χ1n) is 6.58. The van der Waals surface area contributed by atoms with Crippen molar-refractivity contribution < 1.29 is 4.74 Å². The molecule has 1 atom stereocenters. The van der Waals surface area contributed by atoms with Crippen LogP contribution in [0, 0.1) is 11.3 Å². The summed E-state index contributed by atoms with van der Waals surface area (Å²) in [6, 6.07) is 14.2. The van der Waals surface area contributed by atoms with Crippen LogP contribution in [0.15, 0.2) is 42.6 Å². The maximum Gasteiger partial charge on any atom is 0.137 e. The lowest BCUT2D eigenvalue weighted by Gasteiger charge is -2.21. The van der Waals surface area contributed by atoms with Gasteiger partial charge in [-0.2, -0.15) is 17.9 Å². The predicted octanol–water partition coefficient (Wildman–Crippen LogP) is 3.59. The summed E-state index contributed by atoms with van der Waals surface area (Å²) in [6.07, 6.45) is 1.92. The van der Waals surface area contributed by atoms with Crippen molar-refractivity contribution in [2.24, 2.45) is 0 Å². The Morgan fingerprint density at radius 3 is 2.60 bits per heavy atom. The number of nitrogens with zero attached hydrogens (tertiary/aromatic N) is 2. The number of thiol groups is 1. The molecule has 1 heterocycles. The van der Waals surface area contributed by atoms with Crippen LogP contribution < -0.4 is 4.74 Å². The van der Waals surface area contributed by atoms with Crippen molar-refractivity contribution in [1.29, 1.82) is 5.26 Å². The fourth-order valence-corrected chi connectivity index (χ4v) is 2.32. The summed E-state index contributed by atoms with van der Waals surface area (Å²) >= 11 is 4.34. The molecular weight excluding hydrogens is 268 g/mol. The van der Waals surface area contributed by atoms with Gasteiger partial charge < -0.3 is 9.30 Å². The van der Waals surface area contributed by atoms with Gasteiger partial charge in [-0.3, -0.25) is 0 Å². The second kappa shape index (κ2) is 6.06. The average molecular weight is 286 g/mol. The van der Waals surface area contributed by atoms with E-state index in [1.165, 1.54) is 0 Å². The van der Waals surface area contributed by atoms with Gasteiger partial charge in [-0.25, -0.2) is 0 Å². The van der Waals surface area contributed by atoms with Crippen LogP contribution in [-0.2, 0) is 5.41 Å². The number of para-hydroxylation sites is 1. The van der Waals surface area contributed by atoms with E-state index in [0.717, 1.165) is 17.1 Å². The minimum atomic E-state index is -0.658. The zero-order valence-electron chi connectivity index (χ0n) is 11.7. The topological polar surface area (TPSA) is 37.9 Å². The van der Waals surface area contributed by atoms with Crippen LogP contribution in [0.1, 0.15) is 19.5 Å². The Hall–Kier alpha value is -1.86. The lowest BCUT2D eigenvalue weighted by atomic mass is 9.91. The highest BCUT2D eigenvalue weighted by atomic mass is 32.1. The van der Waals surface area contributed by atoms with Crippen molar-refractivity contribution in [1.82, 2.24) is 4.57 Å². The highest BCUT2D eigenvalue weighted by Gasteiger charge is 2.29. The van der Waals surface area contributed by atoms with Gasteiger partial charge in [-0.1, -0.05) is 18.2 Å². The van der Waals surface area contributed by atoms with Gasteiger partial charge in [0.05, 0.1) is 18.9 Å². The van der Waals surface area contributed by atoms with E-state index in [0.29, 0.717) is 12.4 Å². The maximum absolute atomic E-state index is 9.50. The van der Waals surface area contributed by atoms with Crippen molar-refractivity contribution in [3.05, 3.63) is 48.3 Å². The molecule has 1 aromatic carbocycles. The minimum Gasteiger partial charge on any atom is -0.492 e. The molecule has 0 aliphatic rings. The third-order valence-corrected chi connectivity index (χ3v) is 3.90.